The summed E-state index contributed by atoms with van der Waals surface area (Å²) in [5.74, 6) is 0.557. The molecular weight excluding hydrogens is 176 g/mol. The fraction of sp³-hybridized carbons (Fsp3) is 0.833. The van der Waals surface area contributed by atoms with Crippen LogP contribution in [0.4, 0.5) is 0 Å². The van der Waals surface area contributed by atoms with Crippen LogP contribution in [0.2, 0.25) is 0 Å². The minimum absolute atomic E-state index is 0.0476. The number of ether oxygens (including phenoxy) is 2. The van der Waals surface area contributed by atoms with Crippen LogP contribution in [0.25, 0.3) is 0 Å². The highest BCUT2D eigenvalue weighted by Gasteiger charge is 2.33. The minimum Gasteiger partial charge on any atom is -0.379 e. The maximum absolute atomic E-state index is 5.52. The molecule has 0 spiro atoms. The Bertz CT molecular complexity index is 218. The lowest BCUT2D eigenvalue weighted by molar-refractivity contribution is -0.0470. The first kappa shape index (κ1) is 11.7. The normalized spacial score (nSPS) is 28.8. The van der Waals surface area contributed by atoms with Crippen LogP contribution in [-0.2, 0) is 9.47 Å². The Morgan fingerprint density at radius 1 is 1.36 bits per heavy atom. The molecule has 0 heterocycles. The third-order valence-electron chi connectivity index (χ3n) is 3.52. The van der Waals surface area contributed by atoms with E-state index in [-0.39, 0.29) is 11.7 Å². The van der Waals surface area contributed by atoms with Crippen LogP contribution in [0.15, 0.2) is 11.6 Å². The molecule has 0 aromatic carbocycles. The Balaban J connectivity index is 2.70. The van der Waals surface area contributed by atoms with Gasteiger partial charge in [0.2, 0.25) is 0 Å². The van der Waals surface area contributed by atoms with E-state index in [1.807, 2.05) is 0 Å². The zero-order valence-electron chi connectivity index (χ0n) is 9.96. The predicted molar refractivity (Wildman–Crippen MR) is 58.4 cm³/mol. The van der Waals surface area contributed by atoms with E-state index < -0.39 is 0 Å². The Labute approximate surface area is 87.3 Å². The molecule has 82 valence electrons. The van der Waals surface area contributed by atoms with Crippen LogP contribution < -0.4 is 0 Å². The summed E-state index contributed by atoms with van der Waals surface area (Å²) in [4.78, 5) is 0. The second-order valence-electron chi connectivity index (χ2n) is 4.65. The SMILES string of the molecule is COC1C[C@H](C(C)(C)OC)CC=C1C. The summed E-state index contributed by atoms with van der Waals surface area (Å²) in [6, 6.07) is 0. The van der Waals surface area contributed by atoms with Gasteiger partial charge in [0.1, 0.15) is 0 Å². The highest BCUT2D eigenvalue weighted by Crippen LogP contribution is 2.34. The molecule has 0 aromatic heterocycles. The van der Waals surface area contributed by atoms with Crippen molar-refractivity contribution in [2.45, 2.75) is 45.3 Å². The van der Waals surface area contributed by atoms with Crippen LogP contribution in [-0.4, -0.2) is 25.9 Å². The van der Waals surface area contributed by atoms with E-state index in [1.165, 1.54) is 5.57 Å². The summed E-state index contributed by atoms with van der Waals surface area (Å²) in [5, 5.41) is 0. The quantitative estimate of drug-likeness (QED) is 0.649. The second-order valence-corrected chi connectivity index (χ2v) is 4.65. The van der Waals surface area contributed by atoms with Gasteiger partial charge in [-0.15, -0.1) is 0 Å². The van der Waals surface area contributed by atoms with Gasteiger partial charge in [-0.1, -0.05) is 6.08 Å². The van der Waals surface area contributed by atoms with E-state index in [0.29, 0.717) is 5.92 Å². The topological polar surface area (TPSA) is 18.5 Å². The molecule has 0 N–H and O–H groups in total. The third kappa shape index (κ3) is 2.37. The molecule has 2 heteroatoms. The average molecular weight is 198 g/mol. The summed E-state index contributed by atoms with van der Waals surface area (Å²) in [6.07, 6.45) is 4.73. The largest absolute Gasteiger partial charge is 0.379 e. The highest BCUT2D eigenvalue weighted by atomic mass is 16.5. The summed E-state index contributed by atoms with van der Waals surface area (Å²) in [5.41, 5.74) is 1.31. The van der Waals surface area contributed by atoms with Gasteiger partial charge in [0.25, 0.3) is 0 Å². The number of hydrogen-bond donors (Lipinski definition) is 0. The third-order valence-corrected chi connectivity index (χ3v) is 3.52. The number of rotatable bonds is 3. The highest BCUT2D eigenvalue weighted by molar-refractivity contribution is 5.11. The Hall–Kier alpha value is -0.340. The first-order valence-corrected chi connectivity index (χ1v) is 5.26. The van der Waals surface area contributed by atoms with Crippen LogP contribution in [0.3, 0.4) is 0 Å². The summed E-state index contributed by atoms with van der Waals surface area (Å²) in [7, 11) is 3.57. The second kappa shape index (κ2) is 4.45. The monoisotopic (exact) mass is 198 g/mol. The Morgan fingerprint density at radius 3 is 2.50 bits per heavy atom. The fourth-order valence-corrected chi connectivity index (χ4v) is 2.02. The van der Waals surface area contributed by atoms with Crippen molar-refractivity contribution in [3.8, 4) is 0 Å². The molecule has 1 unspecified atom stereocenters. The molecule has 0 amide bonds. The maximum Gasteiger partial charge on any atom is 0.0782 e. The smallest absolute Gasteiger partial charge is 0.0782 e. The standard InChI is InChI=1S/C12H22O2/c1-9-6-7-10(8-11(9)13-4)12(2,3)14-5/h6,10-11H,7-8H2,1-5H3/t10-,11?/m1/s1. The molecule has 0 bridgehead atoms. The van der Waals surface area contributed by atoms with Crippen LogP contribution in [0.5, 0.6) is 0 Å². The molecular formula is C12H22O2. The van der Waals surface area contributed by atoms with Crippen molar-refractivity contribution in [3.05, 3.63) is 11.6 Å². The zero-order valence-corrected chi connectivity index (χ0v) is 9.96. The van der Waals surface area contributed by atoms with Crippen molar-refractivity contribution >= 4 is 0 Å². The molecule has 0 radical (unpaired) electrons. The van der Waals surface area contributed by atoms with Gasteiger partial charge in [-0.3, -0.25) is 0 Å². The van der Waals surface area contributed by atoms with Crippen LogP contribution in [0, 0.1) is 5.92 Å². The Kier molecular flexibility index (Phi) is 3.73. The van der Waals surface area contributed by atoms with Crippen LogP contribution >= 0.6 is 0 Å². The summed E-state index contributed by atoms with van der Waals surface area (Å²) in [6.45, 7) is 6.45. The van der Waals surface area contributed by atoms with E-state index in [9.17, 15) is 0 Å². The van der Waals surface area contributed by atoms with E-state index in [0.717, 1.165) is 12.8 Å². The lowest BCUT2D eigenvalue weighted by Gasteiger charge is -2.37. The van der Waals surface area contributed by atoms with Crippen molar-refractivity contribution in [2.75, 3.05) is 14.2 Å². The predicted octanol–water partition coefficient (Wildman–Crippen LogP) is 2.78. The summed E-state index contributed by atoms with van der Waals surface area (Å²) >= 11 is 0. The molecule has 0 saturated heterocycles. The van der Waals surface area contributed by atoms with Gasteiger partial charge in [-0.05, 0) is 45.1 Å². The van der Waals surface area contributed by atoms with Gasteiger partial charge in [0.05, 0.1) is 11.7 Å². The van der Waals surface area contributed by atoms with Gasteiger partial charge < -0.3 is 9.47 Å². The van der Waals surface area contributed by atoms with Gasteiger partial charge >= 0.3 is 0 Å². The minimum atomic E-state index is -0.0476. The number of hydrogen-bond acceptors (Lipinski definition) is 2. The van der Waals surface area contributed by atoms with Gasteiger partial charge in [-0.2, -0.15) is 0 Å². The zero-order chi connectivity index (χ0) is 10.8. The van der Waals surface area contributed by atoms with Gasteiger partial charge in [0, 0.05) is 14.2 Å². The van der Waals surface area contributed by atoms with E-state index in [2.05, 4.69) is 26.8 Å². The van der Waals surface area contributed by atoms with E-state index in [4.69, 9.17) is 9.47 Å². The average Bonchev–Trinajstić information content (AvgIpc) is 2.18. The van der Waals surface area contributed by atoms with Gasteiger partial charge in [0.15, 0.2) is 0 Å². The van der Waals surface area contributed by atoms with Crippen molar-refractivity contribution in [1.82, 2.24) is 0 Å². The van der Waals surface area contributed by atoms with Crippen LogP contribution in [0.1, 0.15) is 33.6 Å². The van der Waals surface area contributed by atoms with Gasteiger partial charge in [-0.25, -0.2) is 0 Å². The maximum atomic E-state index is 5.52. The molecule has 2 atom stereocenters. The number of methoxy groups -OCH3 is 2. The van der Waals surface area contributed by atoms with Crippen molar-refractivity contribution in [3.63, 3.8) is 0 Å². The molecule has 0 aliphatic heterocycles. The molecule has 2 nitrogen and oxygen atoms in total. The lowest BCUT2D eigenvalue weighted by atomic mass is 9.78. The fourth-order valence-electron chi connectivity index (χ4n) is 2.02. The summed E-state index contributed by atoms with van der Waals surface area (Å²) < 4.78 is 11.0. The van der Waals surface area contributed by atoms with Crippen molar-refractivity contribution in [2.24, 2.45) is 5.92 Å². The molecule has 1 rings (SSSR count). The molecule has 14 heavy (non-hydrogen) atoms. The lowest BCUT2D eigenvalue weighted by Crippen LogP contribution is -2.38. The van der Waals surface area contributed by atoms with Crippen molar-refractivity contribution in [1.29, 1.82) is 0 Å². The molecule has 0 fully saturated rings. The first-order chi connectivity index (χ1) is 6.51. The number of allylic oxidation sites excluding steroid dienone is 1. The Morgan fingerprint density at radius 2 is 2.00 bits per heavy atom. The molecule has 0 aromatic rings. The van der Waals surface area contributed by atoms with Crippen molar-refractivity contribution < 1.29 is 9.47 Å². The van der Waals surface area contributed by atoms with E-state index in [1.54, 1.807) is 14.2 Å². The van der Waals surface area contributed by atoms with E-state index >= 15 is 0 Å². The molecule has 0 saturated carbocycles. The molecule has 1 aliphatic carbocycles. The molecule has 1 aliphatic rings. The first-order valence-electron chi connectivity index (χ1n) is 5.26.